The van der Waals surface area contributed by atoms with Gasteiger partial charge in [0.2, 0.25) is 5.91 Å². The number of anilines is 2. The van der Waals surface area contributed by atoms with Crippen LogP contribution in [-0.4, -0.2) is 22.9 Å². The van der Waals surface area contributed by atoms with E-state index in [1.54, 1.807) is 49.5 Å². The Hall–Kier alpha value is -3.17. The van der Waals surface area contributed by atoms with Crippen molar-refractivity contribution in [2.75, 3.05) is 12.4 Å². The Labute approximate surface area is 175 Å². The van der Waals surface area contributed by atoms with Crippen molar-refractivity contribution in [3.63, 3.8) is 0 Å². The zero-order chi connectivity index (χ0) is 21.7. The number of hydrogen-bond acceptors (Lipinski definition) is 5. The number of hydrazine groups is 1. The number of carbonyl (C=O) groups is 1. The molecule has 0 aliphatic carbocycles. The highest BCUT2D eigenvalue weighted by molar-refractivity contribution is 6.30. The highest BCUT2D eigenvalue weighted by Crippen LogP contribution is 2.32. The number of nitrogens with zero attached hydrogens (tertiary/aromatic N) is 2. The van der Waals surface area contributed by atoms with Crippen LogP contribution in [0.1, 0.15) is 11.3 Å². The molecular formula is C20H17ClF3N5O. The second kappa shape index (κ2) is 9.10. The Bertz CT molecular complexity index is 1040. The van der Waals surface area contributed by atoms with E-state index in [2.05, 4.69) is 26.1 Å². The van der Waals surface area contributed by atoms with Crippen LogP contribution < -0.4 is 16.2 Å². The van der Waals surface area contributed by atoms with Gasteiger partial charge in [0.1, 0.15) is 5.82 Å². The van der Waals surface area contributed by atoms with Gasteiger partial charge in [0, 0.05) is 29.4 Å². The smallest absolute Gasteiger partial charge is 0.340 e. The third-order valence-electron chi connectivity index (χ3n) is 3.95. The molecular weight excluding hydrogens is 419 g/mol. The van der Waals surface area contributed by atoms with E-state index in [0.29, 0.717) is 16.3 Å². The number of nitrogens with one attached hydrogen (secondary N) is 3. The van der Waals surface area contributed by atoms with Crippen LogP contribution in [0.5, 0.6) is 0 Å². The topological polar surface area (TPSA) is 78.9 Å². The van der Waals surface area contributed by atoms with Gasteiger partial charge in [-0.25, -0.2) is 15.4 Å². The van der Waals surface area contributed by atoms with Crippen LogP contribution >= 0.6 is 11.6 Å². The molecule has 1 aromatic heterocycles. The van der Waals surface area contributed by atoms with E-state index in [4.69, 9.17) is 11.6 Å². The lowest BCUT2D eigenvalue weighted by Gasteiger charge is -2.12. The zero-order valence-corrected chi connectivity index (χ0v) is 16.5. The Morgan fingerprint density at radius 3 is 2.43 bits per heavy atom. The maximum Gasteiger partial charge on any atom is 0.433 e. The summed E-state index contributed by atoms with van der Waals surface area (Å²) in [4.78, 5) is 19.4. The molecule has 0 spiro atoms. The molecule has 0 atom stereocenters. The van der Waals surface area contributed by atoms with Gasteiger partial charge in [-0.05, 0) is 29.8 Å². The van der Waals surface area contributed by atoms with Gasteiger partial charge < -0.3 is 5.32 Å². The Kier molecular flexibility index (Phi) is 6.53. The Morgan fingerprint density at radius 1 is 1.07 bits per heavy atom. The molecule has 0 radical (unpaired) electrons. The van der Waals surface area contributed by atoms with Gasteiger partial charge in [0.05, 0.1) is 6.42 Å². The number of hydrogen-bond donors (Lipinski definition) is 3. The highest BCUT2D eigenvalue weighted by Gasteiger charge is 2.34. The van der Waals surface area contributed by atoms with Crippen LogP contribution in [0.25, 0.3) is 11.4 Å². The monoisotopic (exact) mass is 435 g/mol. The second-order valence-corrected chi connectivity index (χ2v) is 6.70. The second-order valence-electron chi connectivity index (χ2n) is 6.27. The predicted octanol–water partition coefficient (Wildman–Crippen LogP) is 4.35. The summed E-state index contributed by atoms with van der Waals surface area (Å²) < 4.78 is 40.0. The lowest BCUT2D eigenvalue weighted by atomic mass is 10.1. The van der Waals surface area contributed by atoms with E-state index >= 15 is 0 Å². The summed E-state index contributed by atoms with van der Waals surface area (Å²) in [5.41, 5.74) is 5.54. The minimum Gasteiger partial charge on any atom is -0.340 e. The number of amides is 1. The van der Waals surface area contributed by atoms with Gasteiger partial charge in [-0.2, -0.15) is 13.2 Å². The van der Waals surface area contributed by atoms with E-state index in [-0.39, 0.29) is 24.0 Å². The first-order valence-electron chi connectivity index (χ1n) is 8.78. The molecule has 1 heterocycles. The average Bonchev–Trinajstić information content (AvgIpc) is 2.69. The van der Waals surface area contributed by atoms with Gasteiger partial charge in [-0.15, -0.1) is 0 Å². The predicted molar refractivity (Wildman–Crippen MR) is 108 cm³/mol. The average molecular weight is 436 g/mol. The third kappa shape index (κ3) is 5.68. The molecule has 10 heteroatoms. The number of rotatable bonds is 6. The van der Waals surface area contributed by atoms with Crippen molar-refractivity contribution in [3.05, 3.63) is 70.9 Å². The fourth-order valence-electron chi connectivity index (χ4n) is 2.64. The van der Waals surface area contributed by atoms with Gasteiger partial charge in [-0.1, -0.05) is 35.9 Å². The molecule has 156 valence electrons. The van der Waals surface area contributed by atoms with Crippen molar-refractivity contribution in [3.8, 4) is 11.4 Å². The van der Waals surface area contributed by atoms with E-state index < -0.39 is 11.9 Å². The Morgan fingerprint density at radius 2 is 1.80 bits per heavy atom. The summed E-state index contributed by atoms with van der Waals surface area (Å²) in [7, 11) is 1.58. The van der Waals surface area contributed by atoms with Gasteiger partial charge in [0.25, 0.3) is 0 Å². The fourth-order valence-corrected chi connectivity index (χ4v) is 2.83. The fraction of sp³-hybridized carbons (Fsp3) is 0.150. The summed E-state index contributed by atoms with van der Waals surface area (Å²) in [6, 6.07) is 13.8. The summed E-state index contributed by atoms with van der Waals surface area (Å²) in [6.07, 6.45) is -4.48. The van der Waals surface area contributed by atoms with Crippen molar-refractivity contribution in [1.82, 2.24) is 20.8 Å². The number of carbonyl (C=O) groups excluding carboxylic acids is 1. The van der Waals surface area contributed by atoms with Crippen LogP contribution in [0, 0.1) is 0 Å². The molecule has 3 rings (SSSR count). The SMILES string of the molecule is CNNC(=O)Cc1ccc(Nc2cc(C(F)(F)F)nc(-c3cccc(Cl)c3)n2)cc1. The molecule has 0 unspecified atom stereocenters. The van der Waals surface area contributed by atoms with Crippen LogP contribution in [0.15, 0.2) is 54.6 Å². The summed E-state index contributed by atoms with van der Waals surface area (Å²) in [6.45, 7) is 0. The first kappa shape index (κ1) is 21.5. The standard InChI is InChI=1S/C20H17ClF3N5O/c1-25-29-18(30)9-12-5-7-15(8-6-12)26-17-11-16(20(22,23)24)27-19(28-17)13-3-2-4-14(21)10-13/h2-8,10-11,25H,9H2,1H3,(H,29,30)(H,26,27,28). The normalized spacial score (nSPS) is 11.2. The van der Waals surface area contributed by atoms with E-state index in [0.717, 1.165) is 11.6 Å². The first-order valence-corrected chi connectivity index (χ1v) is 9.16. The largest absolute Gasteiger partial charge is 0.433 e. The van der Waals surface area contributed by atoms with Gasteiger partial charge in [0.15, 0.2) is 11.5 Å². The van der Waals surface area contributed by atoms with Gasteiger partial charge >= 0.3 is 6.18 Å². The van der Waals surface area contributed by atoms with Crippen LogP contribution in [0.3, 0.4) is 0 Å². The van der Waals surface area contributed by atoms with Gasteiger partial charge in [-0.3, -0.25) is 10.2 Å². The molecule has 6 nitrogen and oxygen atoms in total. The molecule has 0 fully saturated rings. The highest BCUT2D eigenvalue weighted by atomic mass is 35.5. The number of halogens is 4. The van der Waals surface area contributed by atoms with Crippen molar-refractivity contribution in [2.45, 2.75) is 12.6 Å². The molecule has 30 heavy (non-hydrogen) atoms. The molecule has 3 N–H and O–H groups in total. The molecule has 0 aliphatic rings. The molecule has 0 saturated carbocycles. The molecule has 1 amide bonds. The molecule has 0 saturated heterocycles. The van der Waals surface area contributed by atoms with E-state index in [1.807, 2.05) is 0 Å². The first-order chi connectivity index (χ1) is 14.2. The van der Waals surface area contributed by atoms with E-state index in [9.17, 15) is 18.0 Å². The number of aromatic nitrogens is 2. The van der Waals surface area contributed by atoms with Crippen LogP contribution in [0.4, 0.5) is 24.7 Å². The molecule has 0 bridgehead atoms. The maximum absolute atomic E-state index is 13.3. The van der Waals surface area contributed by atoms with Crippen LogP contribution in [-0.2, 0) is 17.4 Å². The number of benzene rings is 2. The van der Waals surface area contributed by atoms with Crippen molar-refractivity contribution in [2.24, 2.45) is 0 Å². The summed E-state index contributed by atoms with van der Waals surface area (Å²) >= 11 is 5.94. The lowest BCUT2D eigenvalue weighted by molar-refractivity contribution is -0.141. The molecule has 3 aromatic rings. The summed E-state index contributed by atoms with van der Waals surface area (Å²) in [5.74, 6) is -0.335. The minimum absolute atomic E-state index is 0.0204. The minimum atomic E-state index is -4.64. The maximum atomic E-state index is 13.3. The summed E-state index contributed by atoms with van der Waals surface area (Å²) in [5, 5.41) is 3.21. The quantitative estimate of drug-likeness (QED) is 0.502. The lowest BCUT2D eigenvalue weighted by Crippen LogP contribution is -2.35. The molecule has 2 aromatic carbocycles. The van der Waals surface area contributed by atoms with Crippen LogP contribution in [0.2, 0.25) is 5.02 Å². The molecule has 0 aliphatic heterocycles. The third-order valence-corrected chi connectivity index (χ3v) is 4.19. The Balaban J connectivity index is 1.88. The van der Waals surface area contributed by atoms with E-state index in [1.165, 1.54) is 6.07 Å². The van der Waals surface area contributed by atoms with Crippen molar-refractivity contribution in [1.29, 1.82) is 0 Å². The zero-order valence-electron chi connectivity index (χ0n) is 15.7. The van der Waals surface area contributed by atoms with Crippen molar-refractivity contribution >= 4 is 29.0 Å². The van der Waals surface area contributed by atoms with Crippen molar-refractivity contribution < 1.29 is 18.0 Å². The number of alkyl halides is 3.